The van der Waals surface area contributed by atoms with Gasteiger partial charge in [-0.15, -0.1) is 11.3 Å². The summed E-state index contributed by atoms with van der Waals surface area (Å²) < 4.78 is 0. The molecule has 1 amide bonds. The van der Waals surface area contributed by atoms with Gasteiger partial charge in [0.2, 0.25) is 5.91 Å². The fraction of sp³-hybridized carbons (Fsp3) is 0.450. The minimum atomic E-state index is 0.0498. The maximum absolute atomic E-state index is 11.6. The van der Waals surface area contributed by atoms with Gasteiger partial charge in [0, 0.05) is 29.3 Å². The van der Waals surface area contributed by atoms with Crippen molar-refractivity contribution < 1.29 is 9.69 Å². The molecule has 1 aliphatic carbocycles. The van der Waals surface area contributed by atoms with Crippen LogP contribution in [0.5, 0.6) is 0 Å². The molecule has 3 nitrogen and oxygen atoms in total. The van der Waals surface area contributed by atoms with Crippen LogP contribution in [0.2, 0.25) is 0 Å². The Bertz CT molecular complexity index is 765. The third-order valence-electron chi connectivity index (χ3n) is 5.30. The Morgan fingerprint density at radius 2 is 1.96 bits per heavy atom. The molecule has 1 unspecified atom stereocenters. The summed E-state index contributed by atoms with van der Waals surface area (Å²) in [6.45, 7) is 4.93. The van der Waals surface area contributed by atoms with Crippen molar-refractivity contribution in [1.29, 1.82) is 0 Å². The first-order valence-corrected chi connectivity index (χ1v) is 9.83. The number of aryl methyl sites for hydroxylation is 1. The zero-order chi connectivity index (χ0) is 16.5. The molecule has 0 radical (unpaired) electrons. The molecule has 2 N–H and O–H groups in total. The zero-order valence-corrected chi connectivity index (χ0v) is 15.1. The van der Waals surface area contributed by atoms with E-state index in [4.69, 9.17) is 0 Å². The predicted octanol–water partition coefficient (Wildman–Crippen LogP) is 2.73. The van der Waals surface area contributed by atoms with Crippen LogP contribution >= 0.6 is 11.3 Å². The molecule has 4 heteroatoms. The molecule has 1 aliphatic heterocycles. The van der Waals surface area contributed by atoms with Crippen molar-refractivity contribution in [3.63, 3.8) is 0 Å². The van der Waals surface area contributed by atoms with Crippen molar-refractivity contribution in [3.8, 4) is 0 Å². The van der Waals surface area contributed by atoms with Crippen LogP contribution in [0, 0.1) is 0 Å². The first kappa shape index (κ1) is 15.9. The van der Waals surface area contributed by atoms with Crippen LogP contribution in [0.1, 0.15) is 46.9 Å². The molecule has 1 aromatic heterocycles. The van der Waals surface area contributed by atoms with Crippen molar-refractivity contribution >= 4 is 22.2 Å². The molecule has 0 fully saturated rings. The quantitative estimate of drug-likeness (QED) is 0.884. The smallest absolute Gasteiger partial charge is 0.221 e. The Balaban J connectivity index is 1.60. The number of amides is 1. The van der Waals surface area contributed by atoms with Gasteiger partial charge >= 0.3 is 0 Å². The number of carbonyl (C=O) groups excluding carboxylic acids is 1. The van der Waals surface area contributed by atoms with Crippen molar-refractivity contribution in [1.82, 2.24) is 0 Å². The Hall–Kier alpha value is -1.65. The van der Waals surface area contributed by atoms with E-state index in [0.717, 1.165) is 24.5 Å². The largest absolute Gasteiger partial charge is 0.327 e. The maximum atomic E-state index is 11.6. The van der Waals surface area contributed by atoms with Gasteiger partial charge in [-0.2, -0.15) is 0 Å². The Labute approximate surface area is 147 Å². The summed E-state index contributed by atoms with van der Waals surface area (Å²) in [6, 6.07) is 8.83. The van der Waals surface area contributed by atoms with E-state index in [2.05, 4.69) is 29.6 Å². The van der Waals surface area contributed by atoms with Gasteiger partial charge in [0.25, 0.3) is 0 Å². The minimum absolute atomic E-state index is 0.0498. The molecule has 1 aromatic carbocycles. The number of benzene rings is 1. The summed E-state index contributed by atoms with van der Waals surface area (Å²) in [5.41, 5.74) is 5.96. The second-order valence-electron chi connectivity index (χ2n) is 7.07. The van der Waals surface area contributed by atoms with Gasteiger partial charge in [0.15, 0.2) is 0 Å². The number of nitrogens with one attached hydrogen (secondary N) is 2. The normalized spacial score (nSPS) is 19.5. The van der Waals surface area contributed by atoms with Crippen LogP contribution in [0.25, 0.3) is 0 Å². The van der Waals surface area contributed by atoms with E-state index in [1.807, 2.05) is 11.3 Å². The van der Waals surface area contributed by atoms with E-state index in [-0.39, 0.29) is 5.91 Å². The number of carbonyl (C=O) groups is 1. The molecule has 0 spiro atoms. The Morgan fingerprint density at radius 3 is 2.79 bits per heavy atom. The van der Waals surface area contributed by atoms with E-state index < -0.39 is 0 Å². The Kier molecular flexibility index (Phi) is 4.42. The van der Waals surface area contributed by atoms with E-state index in [1.165, 1.54) is 53.8 Å². The summed E-state index contributed by atoms with van der Waals surface area (Å²) >= 11 is 1.82. The molecule has 2 aromatic rings. The third kappa shape index (κ3) is 3.13. The maximum Gasteiger partial charge on any atom is 0.221 e. The van der Waals surface area contributed by atoms with Crippen LogP contribution in [0.15, 0.2) is 24.3 Å². The van der Waals surface area contributed by atoms with Crippen molar-refractivity contribution in [2.24, 2.45) is 0 Å². The van der Waals surface area contributed by atoms with E-state index in [1.54, 1.807) is 17.4 Å². The van der Waals surface area contributed by atoms with Crippen molar-refractivity contribution in [2.75, 3.05) is 11.9 Å². The lowest BCUT2D eigenvalue weighted by atomic mass is 9.94. The zero-order valence-electron chi connectivity index (χ0n) is 14.3. The van der Waals surface area contributed by atoms with Gasteiger partial charge in [0.1, 0.15) is 18.1 Å². The first-order valence-electron chi connectivity index (χ1n) is 9.02. The molecule has 2 aliphatic rings. The topological polar surface area (TPSA) is 33.5 Å². The summed E-state index contributed by atoms with van der Waals surface area (Å²) in [7, 11) is 0. The summed E-state index contributed by atoms with van der Waals surface area (Å²) in [4.78, 5) is 14.8. The molecule has 126 valence electrons. The number of fused-ring (bicyclic) bond motifs is 2. The summed E-state index contributed by atoms with van der Waals surface area (Å²) in [6.07, 6.45) is 6.10. The molecule has 24 heavy (non-hydrogen) atoms. The second kappa shape index (κ2) is 6.69. The number of thiophene rings is 1. The van der Waals surface area contributed by atoms with Crippen molar-refractivity contribution in [2.45, 2.75) is 52.1 Å². The van der Waals surface area contributed by atoms with Gasteiger partial charge in [-0.3, -0.25) is 4.79 Å². The molecule has 1 atom stereocenters. The predicted molar refractivity (Wildman–Crippen MR) is 98.6 cm³/mol. The second-order valence-corrected chi connectivity index (χ2v) is 8.18. The minimum Gasteiger partial charge on any atom is -0.327 e. The van der Waals surface area contributed by atoms with Crippen molar-refractivity contribution in [3.05, 3.63) is 51.4 Å². The number of rotatable bonds is 3. The SMILES string of the molecule is CC(=O)Nc1sc2c(c1C[NH+]1CCc3ccccc3C1)CCCC2. The fourth-order valence-corrected chi connectivity index (χ4v) is 5.48. The lowest BCUT2D eigenvalue weighted by Gasteiger charge is -2.26. The number of hydrogen-bond acceptors (Lipinski definition) is 2. The fourth-order valence-electron chi connectivity index (χ4n) is 4.12. The Morgan fingerprint density at radius 1 is 1.17 bits per heavy atom. The van der Waals surface area contributed by atoms with Gasteiger partial charge < -0.3 is 10.2 Å². The molecular weight excluding hydrogens is 316 g/mol. The van der Waals surface area contributed by atoms with Gasteiger partial charge in [-0.1, -0.05) is 24.3 Å². The van der Waals surface area contributed by atoms with E-state index in [0.29, 0.717) is 0 Å². The van der Waals surface area contributed by atoms with Crippen LogP contribution in [-0.4, -0.2) is 12.5 Å². The molecule has 2 heterocycles. The molecule has 0 bridgehead atoms. The van der Waals surface area contributed by atoms with E-state index >= 15 is 0 Å². The molecule has 0 saturated carbocycles. The van der Waals surface area contributed by atoms with Crippen LogP contribution in [0.4, 0.5) is 5.00 Å². The van der Waals surface area contributed by atoms with Gasteiger partial charge in [0.05, 0.1) is 6.54 Å². The highest BCUT2D eigenvalue weighted by Crippen LogP contribution is 2.37. The third-order valence-corrected chi connectivity index (χ3v) is 6.55. The highest BCUT2D eigenvalue weighted by molar-refractivity contribution is 7.16. The number of quaternary nitrogens is 1. The molecular formula is C20H25N2OS+. The standard InChI is InChI=1S/C20H24N2OS/c1-14(23)21-20-18(17-8-4-5-9-19(17)24-20)13-22-11-10-15-6-2-3-7-16(15)12-22/h2-3,6-7H,4-5,8-13H2,1H3,(H,21,23)/p+1. The number of hydrogen-bond donors (Lipinski definition) is 2. The lowest BCUT2D eigenvalue weighted by Crippen LogP contribution is -3.10. The molecule has 0 saturated heterocycles. The monoisotopic (exact) mass is 341 g/mol. The summed E-state index contributed by atoms with van der Waals surface area (Å²) in [5.74, 6) is 0.0498. The van der Waals surface area contributed by atoms with Gasteiger partial charge in [-0.25, -0.2) is 0 Å². The average molecular weight is 342 g/mol. The lowest BCUT2D eigenvalue weighted by molar-refractivity contribution is -0.929. The molecule has 4 rings (SSSR count). The number of anilines is 1. The van der Waals surface area contributed by atoms with Crippen LogP contribution in [0.3, 0.4) is 0 Å². The van der Waals surface area contributed by atoms with Crippen LogP contribution in [-0.2, 0) is 37.1 Å². The van der Waals surface area contributed by atoms with Gasteiger partial charge in [-0.05, 0) is 36.8 Å². The highest BCUT2D eigenvalue weighted by Gasteiger charge is 2.26. The van der Waals surface area contributed by atoms with Crippen LogP contribution < -0.4 is 10.2 Å². The summed E-state index contributed by atoms with van der Waals surface area (Å²) in [5, 5.41) is 4.22. The highest BCUT2D eigenvalue weighted by atomic mass is 32.1. The average Bonchev–Trinajstić information content (AvgIpc) is 2.91. The first-order chi connectivity index (χ1) is 11.7. The van der Waals surface area contributed by atoms with E-state index in [9.17, 15) is 4.79 Å².